The molecule has 0 saturated heterocycles. The monoisotopic (exact) mass is 288 g/mol. The minimum atomic E-state index is -0.130. The standard InChI is InChI=1S/C18H28N2O/c1-6-20(13-14(2)3)16(5)18(21)19-12-15(4)17-10-8-7-9-11-17/h7-11,15-16H,2,6,12-13H2,1,3-5H3,(H,19,21). The fourth-order valence-corrected chi connectivity index (χ4v) is 2.34. The molecule has 1 aromatic carbocycles. The first kappa shape index (κ1) is 17.4. The summed E-state index contributed by atoms with van der Waals surface area (Å²) in [6.07, 6.45) is 0. The number of benzene rings is 1. The number of hydrogen-bond acceptors (Lipinski definition) is 2. The third-order valence-corrected chi connectivity index (χ3v) is 3.76. The fraction of sp³-hybridized carbons (Fsp3) is 0.500. The van der Waals surface area contributed by atoms with E-state index in [2.05, 4.69) is 42.8 Å². The van der Waals surface area contributed by atoms with Gasteiger partial charge in [0.1, 0.15) is 0 Å². The van der Waals surface area contributed by atoms with Gasteiger partial charge in [-0.15, -0.1) is 0 Å². The maximum atomic E-state index is 12.3. The second kappa shape index (κ2) is 8.63. The van der Waals surface area contributed by atoms with Crippen LogP contribution < -0.4 is 5.32 Å². The van der Waals surface area contributed by atoms with Crippen molar-refractivity contribution >= 4 is 5.91 Å². The number of amides is 1. The third-order valence-electron chi connectivity index (χ3n) is 3.76. The molecule has 0 aromatic heterocycles. The van der Waals surface area contributed by atoms with E-state index in [9.17, 15) is 4.79 Å². The van der Waals surface area contributed by atoms with Crippen LogP contribution in [0.15, 0.2) is 42.5 Å². The average Bonchev–Trinajstić information content (AvgIpc) is 2.49. The molecule has 0 spiro atoms. The molecule has 0 heterocycles. The SMILES string of the molecule is C=C(C)CN(CC)C(C)C(=O)NCC(C)c1ccccc1. The van der Waals surface area contributed by atoms with Gasteiger partial charge in [-0.3, -0.25) is 9.69 Å². The van der Waals surface area contributed by atoms with Crippen LogP contribution >= 0.6 is 0 Å². The minimum Gasteiger partial charge on any atom is -0.354 e. The molecule has 0 aliphatic carbocycles. The smallest absolute Gasteiger partial charge is 0.237 e. The lowest BCUT2D eigenvalue weighted by molar-refractivity contribution is -0.125. The van der Waals surface area contributed by atoms with Gasteiger partial charge in [0, 0.05) is 13.1 Å². The molecule has 2 atom stereocenters. The quantitative estimate of drug-likeness (QED) is 0.745. The molecular weight excluding hydrogens is 260 g/mol. The molecule has 3 heteroatoms. The number of carbonyl (C=O) groups excluding carboxylic acids is 1. The number of nitrogens with one attached hydrogen (secondary N) is 1. The first-order valence-corrected chi connectivity index (χ1v) is 7.66. The fourth-order valence-electron chi connectivity index (χ4n) is 2.34. The molecule has 3 nitrogen and oxygen atoms in total. The molecular formula is C18H28N2O. The Balaban J connectivity index is 2.50. The zero-order valence-corrected chi connectivity index (χ0v) is 13.7. The first-order chi connectivity index (χ1) is 9.95. The van der Waals surface area contributed by atoms with Gasteiger partial charge in [0.2, 0.25) is 5.91 Å². The van der Waals surface area contributed by atoms with Crippen LogP contribution in [0.5, 0.6) is 0 Å². The highest BCUT2D eigenvalue weighted by Crippen LogP contribution is 2.13. The Bertz CT molecular complexity index is 456. The van der Waals surface area contributed by atoms with Crippen molar-refractivity contribution < 1.29 is 4.79 Å². The average molecular weight is 288 g/mol. The van der Waals surface area contributed by atoms with Crippen molar-refractivity contribution in [2.45, 2.75) is 39.7 Å². The molecule has 2 unspecified atom stereocenters. The largest absolute Gasteiger partial charge is 0.354 e. The Morgan fingerprint density at radius 3 is 2.43 bits per heavy atom. The van der Waals surface area contributed by atoms with Crippen LogP contribution in [0.2, 0.25) is 0 Å². The summed E-state index contributed by atoms with van der Waals surface area (Å²) in [6, 6.07) is 10.1. The molecule has 1 aromatic rings. The highest BCUT2D eigenvalue weighted by atomic mass is 16.2. The van der Waals surface area contributed by atoms with Crippen molar-refractivity contribution in [2.75, 3.05) is 19.6 Å². The van der Waals surface area contributed by atoms with Crippen molar-refractivity contribution in [3.8, 4) is 0 Å². The number of likely N-dealkylation sites (N-methyl/N-ethyl adjacent to an activating group) is 1. The molecule has 1 N–H and O–H groups in total. The number of carbonyl (C=O) groups is 1. The third kappa shape index (κ3) is 5.72. The summed E-state index contributed by atoms with van der Waals surface area (Å²) in [7, 11) is 0. The van der Waals surface area contributed by atoms with Crippen LogP contribution in [0.1, 0.15) is 39.2 Å². The summed E-state index contributed by atoms with van der Waals surface area (Å²) in [5, 5.41) is 3.06. The zero-order chi connectivity index (χ0) is 15.8. The van der Waals surface area contributed by atoms with Gasteiger partial charge in [-0.2, -0.15) is 0 Å². The lowest BCUT2D eigenvalue weighted by Gasteiger charge is -2.27. The van der Waals surface area contributed by atoms with Gasteiger partial charge in [-0.1, -0.05) is 56.3 Å². The highest BCUT2D eigenvalue weighted by Gasteiger charge is 2.20. The second-order valence-corrected chi connectivity index (χ2v) is 5.75. The van der Waals surface area contributed by atoms with E-state index in [1.165, 1.54) is 5.56 Å². The van der Waals surface area contributed by atoms with Gasteiger partial charge in [-0.05, 0) is 31.9 Å². The van der Waals surface area contributed by atoms with Crippen LogP contribution in [-0.2, 0) is 4.79 Å². The topological polar surface area (TPSA) is 32.3 Å². The molecule has 1 rings (SSSR count). The molecule has 0 aliphatic heterocycles. The van der Waals surface area contributed by atoms with E-state index >= 15 is 0 Å². The van der Waals surface area contributed by atoms with Gasteiger partial charge >= 0.3 is 0 Å². The van der Waals surface area contributed by atoms with E-state index in [1.54, 1.807) is 0 Å². The lowest BCUT2D eigenvalue weighted by Crippen LogP contribution is -2.46. The Morgan fingerprint density at radius 1 is 1.29 bits per heavy atom. The van der Waals surface area contributed by atoms with E-state index in [0.717, 1.165) is 18.7 Å². The summed E-state index contributed by atoms with van der Waals surface area (Å²) < 4.78 is 0. The van der Waals surface area contributed by atoms with Gasteiger partial charge < -0.3 is 5.32 Å². The summed E-state index contributed by atoms with van der Waals surface area (Å²) in [6.45, 7) is 14.3. The molecule has 0 bridgehead atoms. The Kier molecular flexibility index (Phi) is 7.17. The predicted molar refractivity (Wildman–Crippen MR) is 89.4 cm³/mol. The first-order valence-electron chi connectivity index (χ1n) is 7.66. The van der Waals surface area contributed by atoms with Crippen LogP contribution in [-0.4, -0.2) is 36.5 Å². The summed E-state index contributed by atoms with van der Waals surface area (Å²) in [4.78, 5) is 14.4. The second-order valence-electron chi connectivity index (χ2n) is 5.75. The molecule has 21 heavy (non-hydrogen) atoms. The number of nitrogens with zero attached hydrogens (tertiary/aromatic N) is 1. The van der Waals surface area contributed by atoms with Crippen molar-refractivity contribution in [1.29, 1.82) is 0 Å². The molecule has 116 valence electrons. The maximum absolute atomic E-state index is 12.3. The van der Waals surface area contributed by atoms with E-state index in [4.69, 9.17) is 0 Å². The van der Waals surface area contributed by atoms with Crippen molar-refractivity contribution in [1.82, 2.24) is 10.2 Å². The van der Waals surface area contributed by atoms with Gasteiger partial charge in [0.05, 0.1) is 6.04 Å². The Labute approximate surface area is 129 Å². The van der Waals surface area contributed by atoms with E-state index < -0.39 is 0 Å². The lowest BCUT2D eigenvalue weighted by atomic mass is 10.0. The number of hydrogen-bond donors (Lipinski definition) is 1. The Hall–Kier alpha value is -1.61. The van der Waals surface area contributed by atoms with Crippen LogP contribution in [0.4, 0.5) is 0 Å². The van der Waals surface area contributed by atoms with Crippen molar-refractivity contribution in [3.63, 3.8) is 0 Å². The van der Waals surface area contributed by atoms with Gasteiger partial charge in [0.25, 0.3) is 0 Å². The Morgan fingerprint density at radius 2 is 1.90 bits per heavy atom. The number of rotatable bonds is 8. The molecule has 0 aliphatic rings. The van der Waals surface area contributed by atoms with Crippen molar-refractivity contribution in [3.05, 3.63) is 48.0 Å². The summed E-state index contributed by atoms with van der Waals surface area (Å²) in [5.41, 5.74) is 2.33. The predicted octanol–water partition coefficient (Wildman–Crippen LogP) is 3.19. The van der Waals surface area contributed by atoms with E-state index in [0.29, 0.717) is 12.5 Å². The van der Waals surface area contributed by atoms with Crippen LogP contribution in [0, 0.1) is 0 Å². The molecule has 0 radical (unpaired) electrons. The summed E-state index contributed by atoms with van der Waals surface area (Å²) >= 11 is 0. The van der Waals surface area contributed by atoms with Crippen molar-refractivity contribution in [2.24, 2.45) is 0 Å². The zero-order valence-electron chi connectivity index (χ0n) is 13.7. The molecule has 0 fully saturated rings. The molecule has 1 amide bonds. The van der Waals surface area contributed by atoms with E-state index in [-0.39, 0.29) is 11.9 Å². The summed E-state index contributed by atoms with van der Waals surface area (Å²) in [5.74, 6) is 0.402. The van der Waals surface area contributed by atoms with Crippen LogP contribution in [0.25, 0.3) is 0 Å². The normalized spacial score (nSPS) is 13.8. The van der Waals surface area contributed by atoms with Gasteiger partial charge in [0.15, 0.2) is 0 Å². The highest BCUT2D eigenvalue weighted by molar-refractivity contribution is 5.81. The molecule has 0 saturated carbocycles. The maximum Gasteiger partial charge on any atom is 0.237 e. The van der Waals surface area contributed by atoms with E-state index in [1.807, 2.05) is 32.0 Å². The van der Waals surface area contributed by atoms with Gasteiger partial charge in [-0.25, -0.2) is 0 Å². The van der Waals surface area contributed by atoms with Crippen LogP contribution in [0.3, 0.4) is 0 Å². The minimum absolute atomic E-state index is 0.0841.